The summed E-state index contributed by atoms with van der Waals surface area (Å²) < 4.78 is 10.7. The summed E-state index contributed by atoms with van der Waals surface area (Å²) in [5.74, 6) is 1.18. The van der Waals surface area contributed by atoms with E-state index in [0.717, 1.165) is 0 Å². The molecule has 2 atom stereocenters. The number of para-hydroxylation sites is 2. The molecule has 0 fully saturated rings. The number of aliphatic hydroxyl groups is 1. The molecule has 0 heterocycles. The molecule has 0 amide bonds. The molecule has 1 aromatic carbocycles. The number of hydrogen-bond donors (Lipinski definition) is 2. The molecule has 2 unspecified atom stereocenters. The number of hydrogen-bond acceptors (Lipinski definition) is 4. The first kappa shape index (κ1) is 11.8. The number of ether oxygens (including phenoxy) is 2. The van der Waals surface area contributed by atoms with Crippen LogP contribution in [-0.2, 0) is 0 Å². The van der Waals surface area contributed by atoms with Gasteiger partial charge in [-0.1, -0.05) is 12.1 Å². The molecule has 0 spiro atoms. The van der Waals surface area contributed by atoms with E-state index in [2.05, 4.69) is 0 Å². The molecule has 1 aromatic rings. The van der Waals surface area contributed by atoms with Crippen LogP contribution < -0.4 is 15.2 Å². The third kappa shape index (κ3) is 3.42. The molecule has 0 saturated heterocycles. The second kappa shape index (κ2) is 5.58. The lowest BCUT2D eigenvalue weighted by atomic mass is 10.3. The molecule has 3 N–H and O–H groups in total. The van der Waals surface area contributed by atoms with Crippen LogP contribution in [-0.4, -0.2) is 24.0 Å². The smallest absolute Gasteiger partial charge is 0.173 e. The van der Waals surface area contributed by atoms with E-state index in [1.807, 2.05) is 19.1 Å². The molecule has 0 aliphatic rings. The van der Waals surface area contributed by atoms with Crippen molar-refractivity contribution in [3.05, 3.63) is 24.3 Å². The van der Waals surface area contributed by atoms with Crippen LogP contribution in [0.3, 0.4) is 0 Å². The molecule has 4 nitrogen and oxygen atoms in total. The minimum absolute atomic E-state index is 0.549. The van der Waals surface area contributed by atoms with Gasteiger partial charge in [0.1, 0.15) is 6.10 Å². The Morgan fingerprint density at radius 1 is 1.33 bits per heavy atom. The molecule has 0 bridgehead atoms. The lowest BCUT2D eigenvalue weighted by Crippen LogP contribution is -2.37. The Morgan fingerprint density at radius 3 is 2.47 bits per heavy atom. The Hall–Kier alpha value is -1.26. The SMILES string of the molecule is CCOc1ccccc1OC(N)C(C)O. The molecule has 4 heteroatoms. The van der Waals surface area contributed by atoms with E-state index in [9.17, 15) is 5.11 Å². The number of rotatable bonds is 5. The maximum atomic E-state index is 9.21. The van der Waals surface area contributed by atoms with Crippen molar-refractivity contribution in [1.29, 1.82) is 0 Å². The third-order valence-corrected chi connectivity index (χ3v) is 1.89. The second-order valence-corrected chi connectivity index (χ2v) is 3.20. The summed E-state index contributed by atoms with van der Waals surface area (Å²) in [5, 5.41) is 9.21. The van der Waals surface area contributed by atoms with Crippen LogP contribution in [0, 0.1) is 0 Å². The summed E-state index contributed by atoms with van der Waals surface area (Å²) >= 11 is 0. The van der Waals surface area contributed by atoms with Gasteiger partial charge in [-0.05, 0) is 26.0 Å². The van der Waals surface area contributed by atoms with Gasteiger partial charge in [0.25, 0.3) is 0 Å². The number of aliphatic hydroxyl groups excluding tert-OH is 1. The van der Waals surface area contributed by atoms with Gasteiger partial charge in [0.15, 0.2) is 17.7 Å². The summed E-state index contributed by atoms with van der Waals surface area (Å²) in [5.41, 5.74) is 5.59. The largest absolute Gasteiger partial charge is 0.490 e. The van der Waals surface area contributed by atoms with Crippen molar-refractivity contribution >= 4 is 0 Å². The Balaban J connectivity index is 2.74. The normalized spacial score (nSPS) is 14.4. The van der Waals surface area contributed by atoms with E-state index >= 15 is 0 Å². The van der Waals surface area contributed by atoms with Crippen LogP contribution in [0.1, 0.15) is 13.8 Å². The fraction of sp³-hybridized carbons (Fsp3) is 0.455. The first-order valence-electron chi connectivity index (χ1n) is 4.97. The van der Waals surface area contributed by atoms with Crippen LogP contribution in [0.2, 0.25) is 0 Å². The van der Waals surface area contributed by atoms with Crippen molar-refractivity contribution in [3.8, 4) is 11.5 Å². The third-order valence-electron chi connectivity index (χ3n) is 1.89. The standard InChI is InChI=1S/C11H17NO3/c1-3-14-9-6-4-5-7-10(9)15-11(12)8(2)13/h4-8,11,13H,3,12H2,1-2H3. The topological polar surface area (TPSA) is 64.7 Å². The molecule has 84 valence electrons. The maximum Gasteiger partial charge on any atom is 0.173 e. The number of nitrogens with two attached hydrogens (primary N) is 1. The van der Waals surface area contributed by atoms with Crippen molar-refractivity contribution in [2.24, 2.45) is 5.73 Å². The zero-order valence-corrected chi connectivity index (χ0v) is 9.01. The molecule has 0 saturated carbocycles. The van der Waals surface area contributed by atoms with Crippen molar-refractivity contribution in [2.75, 3.05) is 6.61 Å². The summed E-state index contributed by atoms with van der Waals surface area (Å²) in [6.07, 6.45) is -1.47. The average molecular weight is 211 g/mol. The fourth-order valence-electron chi connectivity index (χ4n) is 1.07. The predicted molar refractivity (Wildman–Crippen MR) is 57.9 cm³/mol. The minimum atomic E-state index is -0.744. The van der Waals surface area contributed by atoms with Gasteiger partial charge >= 0.3 is 0 Å². The Kier molecular flexibility index (Phi) is 4.39. The molecule has 1 rings (SSSR count). The first-order chi connectivity index (χ1) is 7.15. The zero-order valence-electron chi connectivity index (χ0n) is 9.01. The van der Waals surface area contributed by atoms with E-state index in [4.69, 9.17) is 15.2 Å². The molecule has 0 aromatic heterocycles. The van der Waals surface area contributed by atoms with E-state index in [0.29, 0.717) is 18.1 Å². The maximum absolute atomic E-state index is 9.21. The van der Waals surface area contributed by atoms with Gasteiger partial charge in [0.05, 0.1) is 6.61 Å². The predicted octanol–water partition coefficient (Wildman–Crippen LogP) is 1.13. The van der Waals surface area contributed by atoms with E-state index in [-0.39, 0.29) is 0 Å². The highest BCUT2D eigenvalue weighted by Crippen LogP contribution is 2.27. The van der Waals surface area contributed by atoms with Crippen LogP contribution >= 0.6 is 0 Å². The van der Waals surface area contributed by atoms with Gasteiger partial charge in [-0.15, -0.1) is 0 Å². The zero-order chi connectivity index (χ0) is 11.3. The highest BCUT2D eigenvalue weighted by atomic mass is 16.5. The van der Waals surface area contributed by atoms with Gasteiger partial charge in [-0.25, -0.2) is 0 Å². The van der Waals surface area contributed by atoms with Crippen molar-refractivity contribution in [2.45, 2.75) is 26.2 Å². The van der Waals surface area contributed by atoms with Gasteiger partial charge in [0.2, 0.25) is 0 Å². The summed E-state index contributed by atoms with van der Waals surface area (Å²) in [7, 11) is 0. The lowest BCUT2D eigenvalue weighted by Gasteiger charge is -2.18. The molecular weight excluding hydrogens is 194 g/mol. The van der Waals surface area contributed by atoms with E-state index in [1.54, 1.807) is 19.1 Å². The van der Waals surface area contributed by atoms with Crippen molar-refractivity contribution < 1.29 is 14.6 Å². The Morgan fingerprint density at radius 2 is 1.93 bits per heavy atom. The highest BCUT2D eigenvalue weighted by molar-refractivity contribution is 5.39. The van der Waals surface area contributed by atoms with Gasteiger partial charge in [-0.3, -0.25) is 5.73 Å². The fourth-order valence-corrected chi connectivity index (χ4v) is 1.07. The van der Waals surface area contributed by atoms with Crippen molar-refractivity contribution in [3.63, 3.8) is 0 Å². The molecule has 0 aliphatic heterocycles. The Bertz CT molecular complexity index is 302. The van der Waals surface area contributed by atoms with Crippen LogP contribution in [0.5, 0.6) is 11.5 Å². The minimum Gasteiger partial charge on any atom is -0.490 e. The van der Waals surface area contributed by atoms with Crippen LogP contribution in [0.25, 0.3) is 0 Å². The molecular formula is C11H17NO3. The first-order valence-corrected chi connectivity index (χ1v) is 4.97. The average Bonchev–Trinajstić information content (AvgIpc) is 2.21. The molecule has 15 heavy (non-hydrogen) atoms. The highest BCUT2D eigenvalue weighted by Gasteiger charge is 2.13. The van der Waals surface area contributed by atoms with E-state index < -0.39 is 12.3 Å². The Labute approximate surface area is 89.6 Å². The monoisotopic (exact) mass is 211 g/mol. The number of benzene rings is 1. The van der Waals surface area contributed by atoms with Gasteiger partial charge in [0, 0.05) is 0 Å². The van der Waals surface area contributed by atoms with Crippen LogP contribution in [0.4, 0.5) is 0 Å². The van der Waals surface area contributed by atoms with E-state index in [1.165, 1.54) is 0 Å². The van der Waals surface area contributed by atoms with Gasteiger partial charge < -0.3 is 14.6 Å². The second-order valence-electron chi connectivity index (χ2n) is 3.20. The summed E-state index contributed by atoms with van der Waals surface area (Å²) in [6.45, 7) is 4.03. The van der Waals surface area contributed by atoms with Gasteiger partial charge in [-0.2, -0.15) is 0 Å². The lowest BCUT2D eigenvalue weighted by molar-refractivity contribution is 0.0507. The molecule has 0 aliphatic carbocycles. The van der Waals surface area contributed by atoms with Crippen molar-refractivity contribution in [1.82, 2.24) is 0 Å². The molecule has 0 radical (unpaired) electrons. The quantitative estimate of drug-likeness (QED) is 0.716. The summed E-state index contributed by atoms with van der Waals surface area (Å²) in [4.78, 5) is 0. The van der Waals surface area contributed by atoms with Crippen LogP contribution in [0.15, 0.2) is 24.3 Å². The summed E-state index contributed by atoms with van der Waals surface area (Å²) in [6, 6.07) is 7.24.